The Labute approximate surface area is 185 Å². The molecule has 0 bridgehead atoms. The fraction of sp³-hybridized carbons (Fsp3) is 0.348. The van der Waals surface area contributed by atoms with E-state index in [1.54, 1.807) is 23.1 Å². The van der Waals surface area contributed by atoms with Gasteiger partial charge in [-0.15, -0.1) is 0 Å². The van der Waals surface area contributed by atoms with Crippen LogP contribution in [0.25, 0.3) is 11.1 Å². The summed E-state index contributed by atoms with van der Waals surface area (Å²) in [5, 5.41) is 7.84. The normalized spacial score (nSPS) is 16.0. The van der Waals surface area contributed by atoms with E-state index in [0.717, 1.165) is 11.1 Å². The van der Waals surface area contributed by atoms with Crippen molar-refractivity contribution in [1.29, 1.82) is 0 Å². The second kappa shape index (κ2) is 9.44. The highest BCUT2D eigenvalue weighted by Gasteiger charge is 2.33. The lowest BCUT2D eigenvalue weighted by Crippen LogP contribution is -2.40. The monoisotopic (exact) mass is 441 g/mol. The minimum Gasteiger partial charge on any atom is -0.465 e. The Hall–Kier alpha value is -3.33. The molecule has 0 amide bonds. The van der Waals surface area contributed by atoms with Gasteiger partial charge in [0.25, 0.3) is 5.92 Å². The van der Waals surface area contributed by atoms with Gasteiger partial charge < -0.3 is 15.0 Å². The minimum atomic E-state index is -2.57. The van der Waals surface area contributed by atoms with E-state index in [0.29, 0.717) is 43.2 Å². The SMILES string of the molecule is COC(=O)c1ccncc1Nc1c(-c2ccccc2)cnn1CCN1CCC(F)(F)CC1. The number of piperidine rings is 1. The predicted molar refractivity (Wildman–Crippen MR) is 117 cm³/mol. The van der Waals surface area contributed by atoms with Crippen molar-refractivity contribution >= 4 is 17.5 Å². The summed E-state index contributed by atoms with van der Waals surface area (Å²) < 4.78 is 33.6. The quantitative estimate of drug-likeness (QED) is 0.554. The third kappa shape index (κ3) is 4.94. The van der Waals surface area contributed by atoms with Gasteiger partial charge in [-0.3, -0.25) is 4.98 Å². The van der Waals surface area contributed by atoms with E-state index in [-0.39, 0.29) is 12.8 Å². The van der Waals surface area contributed by atoms with E-state index < -0.39 is 11.9 Å². The maximum Gasteiger partial charge on any atom is 0.340 e. The summed E-state index contributed by atoms with van der Waals surface area (Å²) in [6, 6.07) is 11.4. The standard InChI is InChI=1S/C23H25F2N5O2/c1-32-22(31)18-7-10-26-16-20(18)28-21-19(17-5-3-2-4-6-17)15-27-30(21)14-13-29-11-8-23(24,25)9-12-29/h2-7,10,15-16,28H,8-9,11-14H2,1H3. The molecule has 1 saturated heterocycles. The number of halogens is 2. The van der Waals surface area contributed by atoms with Gasteiger partial charge in [-0.1, -0.05) is 30.3 Å². The molecule has 4 rings (SSSR count). The maximum absolute atomic E-state index is 13.5. The van der Waals surface area contributed by atoms with Crippen molar-refractivity contribution in [1.82, 2.24) is 19.7 Å². The third-order valence-electron chi connectivity index (χ3n) is 5.62. The molecule has 3 aromatic rings. The first-order valence-corrected chi connectivity index (χ1v) is 10.5. The Morgan fingerprint density at radius 1 is 1.12 bits per heavy atom. The van der Waals surface area contributed by atoms with Gasteiger partial charge in [0, 0.05) is 44.2 Å². The molecular formula is C23H25F2N5O2. The minimum absolute atomic E-state index is 0.120. The van der Waals surface area contributed by atoms with Gasteiger partial charge in [0.15, 0.2) is 0 Å². The molecule has 1 aromatic carbocycles. The van der Waals surface area contributed by atoms with Crippen molar-refractivity contribution in [3.8, 4) is 11.1 Å². The Morgan fingerprint density at radius 2 is 1.88 bits per heavy atom. The highest BCUT2D eigenvalue weighted by Crippen LogP contribution is 2.32. The summed E-state index contributed by atoms with van der Waals surface area (Å²) in [6.07, 6.45) is 4.61. The lowest BCUT2D eigenvalue weighted by Gasteiger charge is -2.31. The van der Waals surface area contributed by atoms with Crippen LogP contribution in [0.5, 0.6) is 0 Å². The zero-order chi connectivity index (χ0) is 22.6. The van der Waals surface area contributed by atoms with E-state index in [2.05, 4.69) is 15.4 Å². The molecule has 0 unspecified atom stereocenters. The number of methoxy groups -OCH3 is 1. The molecule has 3 heterocycles. The van der Waals surface area contributed by atoms with Crippen LogP contribution in [0, 0.1) is 0 Å². The third-order valence-corrected chi connectivity index (χ3v) is 5.62. The predicted octanol–water partition coefficient (Wildman–Crippen LogP) is 4.21. The second-order valence-corrected chi connectivity index (χ2v) is 7.73. The van der Waals surface area contributed by atoms with Crippen molar-refractivity contribution in [2.75, 3.05) is 32.1 Å². The van der Waals surface area contributed by atoms with Crippen LogP contribution < -0.4 is 5.32 Å². The molecule has 0 aliphatic carbocycles. The molecule has 2 aromatic heterocycles. The summed E-state index contributed by atoms with van der Waals surface area (Å²) in [6.45, 7) is 1.82. The number of carbonyl (C=O) groups is 1. The lowest BCUT2D eigenvalue weighted by atomic mass is 10.1. The van der Waals surface area contributed by atoms with Gasteiger partial charge >= 0.3 is 5.97 Å². The number of carbonyl (C=O) groups excluding carboxylic acids is 1. The Balaban J connectivity index is 1.61. The molecule has 1 N–H and O–H groups in total. The number of likely N-dealkylation sites (tertiary alicyclic amines) is 1. The first kappa shape index (κ1) is 21.9. The average Bonchev–Trinajstić information content (AvgIpc) is 3.21. The Kier molecular flexibility index (Phi) is 6.45. The average molecular weight is 441 g/mol. The smallest absolute Gasteiger partial charge is 0.340 e. The Bertz CT molecular complexity index is 1060. The van der Waals surface area contributed by atoms with E-state index in [1.807, 2.05) is 35.2 Å². The van der Waals surface area contributed by atoms with Crippen molar-refractivity contribution in [2.45, 2.75) is 25.3 Å². The Morgan fingerprint density at radius 3 is 2.59 bits per heavy atom. The number of pyridine rings is 1. The number of rotatable bonds is 7. The molecular weight excluding hydrogens is 416 g/mol. The highest BCUT2D eigenvalue weighted by atomic mass is 19.3. The van der Waals surface area contributed by atoms with Crippen LogP contribution in [0.15, 0.2) is 55.0 Å². The maximum atomic E-state index is 13.5. The topological polar surface area (TPSA) is 72.3 Å². The van der Waals surface area contributed by atoms with E-state index in [4.69, 9.17) is 4.74 Å². The van der Waals surface area contributed by atoms with E-state index in [9.17, 15) is 13.6 Å². The van der Waals surface area contributed by atoms with Gasteiger partial charge in [-0.05, 0) is 11.6 Å². The van der Waals surface area contributed by atoms with Crippen molar-refractivity contribution in [3.05, 3.63) is 60.6 Å². The van der Waals surface area contributed by atoms with Crippen LogP contribution in [-0.4, -0.2) is 58.3 Å². The summed E-state index contributed by atoms with van der Waals surface area (Å²) >= 11 is 0. The second-order valence-electron chi connectivity index (χ2n) is 7.73. The number of aromatic nitrogens is 3. The fourth-order valence-electron chi connectivity index (χ4n) is 3.77. The molecule has 1 aliphatic rings. The number of alkyl halides is 2. The van der Waals surface area contributed by atoms with Crippen LogP contribution in [0.2, 0.25) is 0 Å². The number of benzene rings is 1. The van der Waals surface area contributed by atoms with Gasteiger partial charge in [0.1, 0.15) is 5.82 Å². The molecule has 1 fully saturated rings. The molecule has 0 saturated carbocycles. The zero-order valence-corrected chi connectivity index (χ0v) is 17.8. The van der Waals surface area contributed by atoms with Gasteiger partial charge in [-0.2, -0.15) is 5.10 Å². The molecule has 32 heavy (non-hydrogen) atoms. The molecule has 9 heteroatoms. The molecule has 0 radical (unpaired) electrons. The fourth-order valence-corrected chi connectivity index (χ4v) is 3.77. The zero-order valence-electron chi connectivity index (χ0n) is 17.8. The summed E-state index contributed by atoms with van der Waals surface area (Å²) in [4.78, 5) is 18.4. The first-order chi connectivity index (χ1) is 15.5. The van der Waals surface area contributed by atoms with E-state index >= 15 is 0 Å². The van der Waals surface area contributed by atoms with Crippen molar-refractivity contribution in [3.63, 3.8) is 0 Å². The van der Waals surface area contributed by atoms with Crippen LogP contribution in [0.1, 0.15) is 23.2 Å². The molecule has 7 nitrogen and oxygen atoms in total. The van der Waals surface area contributed by atoms with Gasteiger partial charge in [0.2, 0.25) is 0 Å². The van der Waals surface area contributed by atoms with Crippen LogP contribution in [0.3, 0.4) is 0 Å². The van der Waals surface area contributed by atoms with Crippen molar-refractivity contribution in [2.24, 2.45) is 0 Å². The van der Waals surface area contributed by atoms with Crippen LogP contribution >= 0.6 is 0 Å². The number of esters is 1. The number of hydrogen-bond donors (Lipinski definition) is 1. The number of ether oxygens (including phenoxy) is 1. The molecule has 0 atom stereocenters. The highest BCUT2D eigenvalue weighted by molar-refractivity contribution is 5.96. The number of nitrogens with one attached hydrogen (secondary N) is 1. The first-order valence-electron chi connectivity index (χ1n) is 10.5. The van der Waals surface area contributed by atoms with Crippen LogP contribution in [0.4, 0.5) is 20.3 Å². The summed E-state index contributed by atoms with van der Waals surface area (Å²) in [5.41, 5.74) is 2.67. The number of anilines is 2. The molecule has 1 aliphatic heterocycles. The summed E-state index contributed by atoms with van der Waals surface area (Å²) in [7, 11) is 1.33. The van der Waals surface area contributed by atoms with Gasteiger partial charge in [0.05, 0.1) is 37.3 Å². The van der Waals surface area contributed by atoms with E-state index in [1.165, 1.54) is 13.3 Å². The van der Waals surface area contributed by atoms with Crippen LogP contribution in [-0.2, 0) is 11.3 Å². The molecule has 0 spiro atoms. The number of hydrogen-bond acceptors (Lipinski definition) is 6. The largest absolute Gasteiger partial charge is 0.465 e. The van der Waals surface area contributed by atoms with Crippen molar-refractivity contribution < 1.29 is 18.3 Å². The summed E-state index contributed by atoms with van der Waals surface area (Å²) in [5.74, 6) is -2.35. The van der Waals surface area contributed by atoms with Gasteiger partial charge in [-0.25, -0.2) is 18.3 Å². The number of nitrogens with zero attached hydrogens (tertiary/aromatic N) is 4. The molecule has 168 valence electrons. The lowest BCUT2D eigenvalue weighted by molar-refractivity contribution is -0.0555.